The van der Waals surface area contributed by atoms with Gasteiger partial charge in [-0.15, -0.1) is 0 Å². The molecule has 0 heterocycles. The van der Waals surface area contributed by atoms with Gasteiger partial charge in [-0.05, 0) is 44.9 Å². The largest absolute Gasteiger partial charge is 0.481 e. The van der Waals surface area contributed by atoms with Crippen LogP contribution in [0.2, 0.25) is 0 Å². The van der Waals surface area contributed by atoms with E-state index in [1.807, 2.05) is 12.2 Å². The highest BCUT2D eigenvalue weighted by atomic mass is 16.6. The van der Waals surface area contributed by atoms with Gasteiger partial charge in [-0.25, -0.2) is 0 Å². The zero-order valence-electron chi connectivity index (χ0n) is 17.7. The SMILES string of the molecule is CCCCCC(OC(=O)CCCC(=O)O)C(O)CC=CCCCCCCC(=O)O. The molecule has 0 saturated heterocycles. The number of hydrogen-bond acceptors (Lipinski definition) is 5. The Hall–Kier alpha value is -1.89. The maximum Gasteiger partial charge on any atom is 0.306 e. The molecule has 0 aromatic carbocycles. The highest BCUT2D eigenvalue weighted by Gasteiger charge is 2.22. The summed E-state index contributed by atoms with van der Waals surface area (Å²) in [6, 6.07) is 0. The minimum absolute atomic E-state index is 0.0427. The molecule has 0 radical (unpaired) electrons. The van der Waals surface area contributed by atoms with E-state index in [1.54, 1.807) is 0 Å². The Morgan fingerprint density at radius 1 is 0.828 bits per heavy atom. The number of carboxylic acid groups (broad SMARTS) is 2. The molecule has 7 nitrogen and oxygen atoms in total. The molecule has 2 unspecified atom stereocenters. The van der Waals surface area contributed by atoms with Gasteiger partial charge < -0.3 is 20.1 Å². The van der Waals surface area contributed by atoms with Crippen LogP contribution in [0.15, 0.2) is 12.2 Å². The number of allylic oxidation sites excluding steroid dienone is 1. The number of esters is 1. The summed E-state index contributed by atoms with van der Waals surface area (Å²) < 4.78 is 5.42. The van der Waals surface area contributed by atoms with E-state index in [2.05, 4.69) is 6.92 Å². The first-order valence-corrected chi connectivity index (χ1v) is 10.8. The fraction of sp³-hybridized carbons (Fsp3) is 0.773. The molecule has 3 N–H and O–H groups in total. The van der Waals surface area contributed by atoms with Crippen molar-refractivity contribution in [2.24, 2.45) is 0 Å². The number of hydrogen-bond donors (Lipinski definition) is 3. The Balaban J connectivity index is 4.20. The van der Waals surface area contributed by atoms with Crippen molar-refractivity contribution in [3.63, 3.8) is 0 Å². The maximum absolute atomic E-state index is 11.9. The number of ether oxygens (including phenoxy) is 1. The molecule has 0 amide bonds. The van der Waals surface area contributed by atoms with Crippen LogP contribution in [0.4, 0.5) is 0 Å². The summed E-state index contributed by atoms with van der Waals surface area (Å²) in [7, 11) is 0. The molecule has 0 aliphatic carbocycles. The van der Waals surface area contributed by atoms with Gasteiger partial charge in [0.25, 0.3) is 0 Å². The second kappa shape index (κ2) is 18.2. The number of unbranched alkanes of at least 4 members (excludes halogenated alkanes) is 6. The number of aliphatic hydroxyl groups is 1. The lowest BCUT2D eigenvalue weighted by Gasteiger charge is -2.22. The molecule has 0 aromatic heterocycles. The fourth-order valence-corrected chi connectivity index (χ4v) is 2.93. The summed E-state index contributed by atoms with van der Waals surface area (Å²) in [6.07, 6.45) is 11.3. The van der Waals surface area contributed by atoms with Crippen molar-refractivity contribution in [1.29, 1.82) is 0 Å². The zero-order chi connectivity index (χ0) is 21.9. The summed E-state index contributed by atoms with van der Waals surface area (Å²) in [5, 5.41) is 27.6. The second-order valence-corrected chi connectivity index (χ2v) is 7.39. The number of carbonyl (C=O) groups is 3. The minimum atomic E-state index is -0.940. The van der Waals surface area contributed by atoms with Gasteiger partial charge >= 0.3 is 17.9 Å². The Kier molecular flexibility index (Phi) is 17.0. The van der Waals surface area contributed by atoms with E-state index in [0.29, 0.717) is 19.3 Å². The molecular weight excluding hydrogens is 376 g/mol. The summed E-state index contributed by atoms with van der Waals surface area (Å²) in [5.41, 5.74) is 0. The number of carboxylic acids is 2. The molecule has 0 bridgehead atoms. The molecule has 29 heavy (non-hydrogen) atoms. The predicted molar refractivity (Wildman–Crippen MR) is 111 cm³/mol. The van der Waals surface area contributed by atoms with E-state index < -0.39 is 30.1 Å². The topological polar surface area (TPSA) is 121 Å². The first-order chi connectivity index (χ1) is 13.9. The third kappa shape index (κ3) is 17.9. The molecule has 168 valence electrons. The molecule has 0 saturated carbocycles. The number of carbonyl (C=O) groups excluding carboxylic acids is 1. The maximum atomic E-state index is 11.9. The van der Waals surface area contributed by atoms with E-state index in [9.17, 15) is 19.5 Å². The molecule has 0 rings (SSSR count). The van der Waals surface area contributed by atoms with E-state index in [1.165, 1.54) is 0 Å². The zero-order valence-corrected chi connectivity index (χ0v) is 17.7. The van der Waals surface area contributed by atoms with Gasteiger partial charge in [0.15, 0.2) is 0 Å². The molecule has 2 atom stereocenters. The van der Waals surface area contributed by atoms with Crippen molar-refractivity contribution in [2.45, 2.75) is 109 Å². The quantitative estimate of drug-likeness (QED) is 0.162. The van der Waals surface area contributed by atoms with Crippen LogP contribution in [0, 0.1) is 0 Å². The molecule has 0 aromatic rings. The van der Waals surface area contributed by atoms with Crippen LogP contribution >= 0.6 is 0 Å². The summed E-state index contributed by atoms with van der Waals surface area (Å²) in [6.45, 7) is 2.08. The normalized spacial score (nSPS) is 13.3. The minimum Gasteiger partial charge on any atom is -0.481 e. The van der Waals surface area contributed by atoms with Crippen LogP contribution in [0.3, 0.4) is 0 Å². The monoisotopic (exact) mass is 414 g/mol. The van der Waals surface area contributed by atoms with Crippen molar-refractivity contribution in [3.05, 3.63) is 12.2 Å². The molecule has 0 spiro atoms. The van der Waals surface area contributed by atoms with Crippen molar-refractivity contribution in [1.82, 2.24) is 0 Å². The van der Waals surface area contributed by atoms with E-state index in [4.69, 9.17) is 14.9 Å². The van der Waals surface area contributed by atoms with Gasteiger partial charge in [0.1, 0.15) is 6.10 Å². The van der Waals surface area contributed by atoms with E-state index in [-0.39, 0.29) is 25.7 Å². The summed E-state index contributed by atoms with van der Waals surface area (Å²) >= 11 is 0. The third-order valence-corrected chi connectivity index (χ3v) is 4.63. The van der Waals surface area contributed by atoms with Gasteiger partial charge in [-0.3, -0.25) is 14.4 Å². The second-order valence-electron chi connectivity index (χ2n) is 7.39. The first-order valence-electron chi connectivity index (χ1n) is 10.8. The molecule has 0 fully saturated rings. The first kappa shape index (κ1) is 27.1. The highest BCUT2D eigenvalue weighted by Crippen LogP contribution is 2.16. The van der Waals surface area contributed by atoms with Crippen LogP contribution in [-0.2, 0) is 19.1 Å². The van der Waals surface area contributed by atoms with Gasteiger partial charge in [0.2, 0.25) is 0 Å². The third-order valence-electron chi connectivity index (χ3n) is 4.63. The Morgan fingerprint density at radius 3 is 2.14 bits per heavy atom. The Morgan fingerprint density at radius 2 is 1.48 bits per heavy atom. The van der Waals surface area contributed by atoms with Gasteiger partial charge in [-0.1, -0.05) is 44.8 Å². The van der Waals surface area contributed by atoms with Crippen LogP contribution < -0.4 is 0 Å². The highest BCUT2D eigenvalue weighted by molar-refractivity contribution is 5.71. The Bertz CT molecular complexity index is 488. The van der Waals surface area contributed by atoms with Crippen LogP contribution in [0.5, 0.6) is 0 Å². The smallest absolute Gasteiger partial charge is 0.306 e. The molecule has 7 heteroatoms. The number of aliphatic hydroxyl groups excluding tert-OH is 1. The average Bonchev–Trinajstić information content (AvgIpc) is 2.65. The molecule has 0 aliphatic heterocycles. The summed E-state index contributed by atoms with van der Waals surface area (Å²) in [5.74, 6) is -2.16. The number of aliphatic carboxylic acids is 2. The fourth-order valence-electron chi connectivity index (χ4n) is 2.93. The number of rotatable bonds is 19. The van der Waals surface area contributed by atoms with Crippen molar-refractivity contribution in [2.75, 3.05) is 0 Å². The van der Waals surface area contributed by atoms with E-state index >= 15 is 0 Å². The van der Waals surface area contributed by atoms with Crippen molar-refractivity contribution in [3.8, 4) is 0 Å². The van der Waals surface area contributed by atoms with Crippen LogP contribution in [-0.4, -0.2) is 45.4 Å². The van der Waals surface area contributed by atoms with Gasteiger partial charge in [0, 0.05) is 19.3 Å². The molecular formula is C22H38O7. The lowest BCUT2D eigenvalue weighted by Crippen LogP contribution is -2.31. The van der Waals surface area contributed by atoms with E-state index in [0.717, 1.165) is 44.9 Å². The lowest BCUT2D eigenvalue weighted by molar-refractivity contribution is -0.155. The van der Waals surface area contributed by atoms with Gasteiger partial charge in [0.05, 0.1) is 6.10 Å². The molecule has 0 aliphatic rings. The average molecular weight is 415 g/mol. The standard InChI is InChI=1S/C22H38O7/c1-2-3-9-14-19(29-22(28)17-12-16-21(26)27)18(23)13-10-7-5-4-6-8-11-15-20(24)25/h7,10,18-19,23H,2-6,8-9,11-17H2,1H3,(H,24,25)(H,26,27). The lowest BCUT2D eigenvalue weighted by atomic mass is 10.0. The Labute approximate surface area is 174 Å². The van der Waals surface area contributed by atoms with Crippen LogP contribution in [0.1, 0.15) is 96.8 Å². The predicted octanol–water partition coefficient (Wildman–Crippen LogP) is 4.47. The van der Waals surface area contributed by atoms with Crippen molar-refractivity contribution >= 4 is 17.9 Å². The van der Waals surface area contributed by atoms with Gasteiger partial charge in [-0.2, -0.15) is 0 Å². The van der Waals surface area contributed by atoms with Crippen molar-refractivity contribution < 1.29 is 34.4 Å². The van der Waals surface area contributed by atoms with Crippen LogP contribution in [0.25, 0.3) is 0 Å². The summed E-state index contributed by atoms with van der Waals surface area (Å²) in [4.78, 5) is 32.9.